The van der Waals surface area contributed by atoms with Gasteiger partial charge in [-0.3, -0.25) is 9.59 Å². The quantitative estimate of drug-likeness (QED) is 0.542. The summed E-state index contributed by atoms with van der Waals surface area (Å²) in [6.45, 7) is 1.77. The van der Waals surface area contributed by atoms with Crippen molar-refractivity contribution in [2.45, 2.75) is 13.3 Å². The summed E-state index contributed by atoms with van der Waals surface area (Å²) in [6.07, 6.45) is 11.1. The molecule has 0 aromatic heterocycles. The summed E-state index contributed by atoms with van der Waals surface area (Å²) in [5, 5.41) is 10.1. The van der Waals surface area contributed by atoms with E-state index in [4.69, 9.17) is 0 Å². The average molecular weight is 268 g/mol. The molecule has 0 aromatic carbocycles. The molecule has 5 unspecified atom stereocenters. The lowest BCUT2D eigenvalue weighted by Crippen LogP contribution is -2.41. The van der Waals surface area contributed by atoms with Gasteiger partial charge in [-0.15, -0.1) is 0 Å². The highest BCUT2D eigenvalue weighted by Crippen LogP contribution is 2.56. The number of carbonyl (C=O) groups is 2. The number of allylic oxidation sites excluding steroid dienone is 5. The van der Waals surface area contributed by atoms with Crippen LogP contribution in [-0.4, -0.2) is 16.7 Å². The minimum atomic E-state index is -0.419. The minimum absolute atomic E-state index is 0.0170. The van der Waals surface area contributed by atoms with Gasteiger partial charge in [-0.25, -0.2) is 0 Å². The number of fused-ring (bicyclic) bond motifs is 6. The summed E-state index contributed by atoms with van der Waals surface area (Å²) in [5.74, 6) is -0.0361. The molecular weight excluding hydrogens is 252 g/mol. The van der Waals surface area contributed by atoms with Crippen LogP contribution < -0.4 is 0 Å². The molecule has 4 aliphatic carbocycles. The monoisotopic (exact) mass is 268 g/mol. The summed E-state index contributed by atoms with van der Waals surface area (Å²) in [6, 6.07) is 0. The van der Waals surface area contributed by atoms with Crippen LogP contribution in [0.3, 0.4) is 0 Å². The van der Waals surface area contributed by atoms with Gasteiger partial charge >= 0.3 is 0 Å². The van der Waals surface area contributed by atoms with Gasteiger partial charge in [-0.05, 0) is 37.5 Å². The van der Waals surface area contributed by atoms with Crippen LogP contribution in [0.5, 0.6) is 0 Å². The van der Waals surface area contributed by atoms with Gasteiger partial charge in [0.05, 0.1) is 0 Å². The zero-order valence-electron chi connectivity index (χ0n) is 11.2. The summed E-state index contributed by atoms with van der Waals surface area (Å²) < 4.78 is 0. The second-order valence-corrected chi connectivity index (χ2v) is 6.14. The minimum Gasteiger partial charge on any atom is -0.504 e. The van der Waals surface area contributed by atoms with Crippen LogP contribution in [0.1, 0.15) is 13.3 Å². The fourth-order valence-corrected chi connectivity index (χ4v) is 4.34. The Morgan fingerprint density at radius 3 is 2.75 bits per heavy atom. The van der Waals surface area contributed by atoms with Crippen LogP contribution in [0.25, 0.3) is 0 Å². The number of rotatable bonds is 0. The van der Waals surface area contributed by atoms with E-state index in [1.807, 2.05) is 6.42 Å². The van der Waals surface area contributed by atoms with Gasteiger partial charge in [0.15, 0.2) is 11.5 Å². The van der Waals surface area contributed by atoms with E-state index in [9.17, 15) is 14.7 Å². The molecule has 5 atom stereocenters. The lowest BCUT2D eigenvalue weighted by Gasteiger charge is -2.39. The molecule has 1 N–H and O–H groups in total. The summed E-state index contributed by atoms with van der Waals surface area (Å²) in [5.41, 5.74) is 0.820. The zero-order valence-corrected chi connectivity index (χ0v) is 11.2. The SMILES string of the molecule is C/C=C1\[CH]C2[CH]C3C4C=CC(C4)C3C(=O)C2=C(O)C1=O. The van der Waals surface area contributed by atoms with Crippen molar-refractivity contribution in [2.75, 3.05) is 0 Å². The Balaban J connectivity index is 1.80. The summed E-state index contributed by atoms with van der Waals surface area (Å²) in [4.78, 5) is 24.7. The molecule has 2 fully saturated rings. The third-order valence-electron chi connectivity index (χ3n) is 5.25. The molecule has 4 aliphatic rings. The predicted octanol–water partition coefficient (Wildman–Crippen LogP) is 2.37. The molecule has 4 rings (SSSR count). The van der Waals surface area contributed by atoms with Crippen LogP contribution in [0, 0.1) is 42.4 Å². The maximum absolute atomic E-state index is 12.7. The number of aliphatic hydroxyl groups excluding tert-OH is 1. The van der Waals surface area contributed by atoms with E-state index in [0.717, 1.165) is 6.42 Å². The lowest BCUT2D eigenvalue weighted by atomic mass is 9.63. The standard InChI is InChI=1S/C17H16O3/c1-2-8-5-11-7-12-9-3-4-10(6-9)13(12)16(19)14(11)17(20)15(8)18/h2-5,7,9-13,20H,6H2,1H3/b8-2+. The zero-order chi connectivity index (χ0) is 14.0. The van der Waals surface area contributed by atoms with Crippen LogP contribution >= 0.6 is 0 Å². The molecule has 0 aliphatic heterocycles. The fourth-order valence-electron chi connectivity index (χ4n) is 4.34. The highest BCUT2D eigenvalue weighted by molar-refractivity contribution is 6.16. The van der Waals surface area contributed by atoms with Crippen molar-refractivity contribution in [2.24, 2.45) is 29.6 Å². The van der Waals surface area contributed by atoms with Gasteiger partial charge < -0.3 is 5.11 Å². The molecule has 2 bridgehead atoms. The van der Waals surface area contributed by atoms with Crippen molar-refractivity contribution in [3.05, 3.63) is 48.0 Å². The highest BCUT2D eigenvalue weighted by Gasteiger charge is 2.55. The van der Waals surface area contributed by atoms with E-state index in [1.165, 1.54) is 0 Å². The van der Waals surface area contributed by atoms with E-state index < -0.39 is 5.78 Å². The van der Waals surface area contributed by atoms with E-state index in [2.05, 4.69) is 18.6 Å². The van der Waals surface area contributed by atoms with Crippen LogP contribution in [0.4, 0.5) is 0 Å². The summed E-state index contributed by atoms with van der Waals surface area (Å²) in [7, 11) is 0. The van der Waals surface area contributed by atoms with Gasteiger partial charge in [0.2, 0.25) is 5.78 Å². The van der Waals surface area contributed by atoms with Crippen molar-refractivity contribution in [3.63, 3.8) is 0 Å². The van der Waals surface area contributed by atoms with Crippen molar-refractivity contribution >= 4 is 11.6 Å². The number of aliphatic hydroxyl groups is 1. The molecule has 0 spiro atoms. The Morgan fingerprint density at radius 1 is 1.25 bits per heavy atom. The van der Waals surface area contributed by atoms with Crippen molar-refractivity contribution in [3.8, 4) is 0 Å². The van der Waals surface area contributed by atoms with E-state index >= 15 is 0 Å². The van der Waals surface area contributed by atoms with Gasteiger partial charge in [-0.1, -0.05) is 18.2 Å². The van der Waals surface area contributed by atoms with Gasteiger partial charge in [0.25, 0.3) is 0 Å². The Labute approximate surface area is 118 Å². The summed E-state index contributed by atoms with van der Waals surface area (Å²) >= 11 is 0. The van der Waals surface area contributed by atoms with Crippen molar-refractivity contribution in [1.29, 1.82) is 0 Å². The molecule has 0 aromatic rings. The molecule has 2 saturated carbocycles. The number of hydrogen-bond acceptors (Lipinski definition) is 3. The largest absolute Gasteiger partial charge is 0.504 e. The maximum atomic E-state index is 12.7. The Hall–Kier alpha value is -1.64. The third-order valence-corrected chi connectivity index (χ3v) is 5.25. The molecule has 0 saturated heterocycles. The van der Waals surface area contributed by atoms with Crippen molar-refractivity contribution in [1.82, 2.24) is 0 Å². The van der Waals surface area contributed by atoms with E-state index in [0.29, 0.717) is 17.1 Å². The molecule has 0 amide bonds. The van der Waals surface area contributed by atoms with Gasteiger partial charge in [0, 0.05) is 29.4 Å². The molecule has 20 heavy (non-hydrogen) atoms. The van der Waals surface area contributed by atoms with E-state index in [-0.39, 0.29) is 35.2 Å². The maximum Gasteiger partial charge on any atom is 0.223 e. The highest BCUT2D eigenvalue weighted by atomic mass is 16.3. The Bertz CT molecular complexity index is 608. The van der Waals surface area contributed by atoms with Gasteiger partial charge in [-0.2, -0.15) is 0 Å². The first kappa shape index (κ1) is 12.1. The second kappa shape index (κ2) is 3.94. The first-order valence-corrected chi connectivity index (χ1v) is 7.18. The second-order valence-electron chi connectivity index (χ2n) is 6.14. The molecule has 2 radical (unpaired) electrons. The first-order valence-electron chi connectivity index (χ1n) is 7.18. The van der Waals surface area contributed by atoms with Crippen molar-refractivity contribution < 1.29 is 14.7 Å². The number of ketones is 2. The Kier molecular flexibility index (Phi) is 2.39. The van der Waals surface area contributed by atoms with Crippen LogP contribution in [0.15, 0.2) is 35.1 Å². The Morgan fingerprint density at radius 2 is 2.00 bits per heavy atom. The molecule has 3 nitrogen and oxygen atoms in total. The molecular formula is C17H16O3. The molecule has 102 valence electrons. The number of hydrogen-bond donors (Lipinski definition) is 1. The first-order chi connectivity index (χ1) is 9.61. The van der Waals surface area contributed by atoms with E-state index in [1.54, 1.807) is 13.0 Å². The molecule has 3 heteroatoms. The normalized spacial score (nSPS) is 44.2. The van der Waals surface area contributed by atoms with Crippen LogP contribution in [0.2, 0.25) is 0 Å². The predicted molar refractivity (Wildman–Crippen MR) is 73.2 cm³/mol. The average Bonchev–Trinajstić information content (AvgIpc) is 3.03. The fraction of sp³-hybridized carbons (Fsp3) is 0.412. The third kappa shape index (κ3) is 1.36. The topological polar surface area (TPSA) is 54.4 Å². The van der Waals surface area contributed by atoms with Crippen LogP contribution in [-0.2, 0) is 9.59 Å². The number of Topliss-reactive ketones (excluding diaryl/α,β-unsaturated/α-hetero) is 2. The molecule has 0 heterocycles. The number of carbonyl (C=O) groups excluding carboxylic acids is 2. The smallest absolute Gasteiger partial charge is 0.223 e. The lowest BCUT2D eigenvalue weighted by molar-refractivity contribution is -0.124. The van der Waals surface area contributed by atoms with Gasteiger partial charge in [0.1, 0.15) is 0 Å².